The molecule has 2 heterocycles. The molecule has 2 aliphatic heterocycles. The molecule has 1 N–H and O–H groups in total. The second kappa shape index (κ2) is 27.2. The molecule has 9 rings (SSSR count). The number of hydrogen-bond donors (Lipinski definition) is 1. The Morgan fingerprint density at radius 2 is 0.556 bits per heavy atom. The Labute approximate surface area is 423 Å². The molecule has 72 heavy (non-hydrogen) atoms. The van der Waals surface area contributed by atoms with Crippen molar-refractivity contribution in [2.24, 2.45) is 0 Å². The van der Waals surface area contributed by atoms with Gasteiger partial charge >= 0.3 is 0 Å². The second-order valence-electron chi connectivity index (χ2n) is 18.0. The highest BCUT2D eigenvalue weighted by Crippen LogP contribution is 2.34. The van der Waals surface area contributed by atoms with E-state index in [1.165, 1.54) is 0 Å². The van der Waals surface area contributed by atoms with Gasteiger partial charge in [0.2, 0.25) is 0 Å². The van der Waals surface area contributed by atoms with Gasteiger partial charge < -0.3 is 52.5 Å². The average Bonchev–Trinajstić information content (AvgIpc) is 3.44. The van der Waals surface area contributed by atoms with Crippen molar-refractivity contribution in [2.75, 3.05) is 13.2 Å². The first-order chi connectivity index (χ1) is 35.6. The van der Waals surface area contributed by atoms with E-state index < -0.39 is 61.4 Å². The Morgan fingerprint density at radius 3 is 0.917 bits per heavy atom. The summed E-state index contributed by atoms with van der Waals surface area (Å²) in [5.41, 5.74) is 6.80. The van der Waals surface area contributed by atoms with Gasteiger partial charge in [0.05, 0.1) is 59.5 Å². The minimum Gasteiger partial charge on any atom is -0.374 e. The maximum atomic E-state index is 12.0. The van der Waals surface area contributed by atoms with E-state index in [4.69, 9.17) is 47.4 Å². The fraction of sp³-hybridized carbons (Fsp3) is 0.311. The third-order valence-corrected chi connectivity index (χ3v) is 12.7. The van der Waals surface area contributed by atoms with Crippen molar-refractivity contribution < 1.29 is 52.5 Å². The predicted octanol–water partition coefficient (Wildman–Crippen LogP) is 10.2. The molecule has 0 spiro atoms. The summed E-state index contributed by atoms with van der Waals surface area (Å²) in [6.07, 6.45) is -8.74. The van der Waals surface area contributed by atoms with Crippen LogP contribution in [0.5, 0.6) is 0 Å². The fourth-order valence-corrected chi connectivity index (χ4v) is 8.97. The summed E-state index contributed by atoms with van der Waals surface area (Å²) < 4.78 is 67.9. The molecule has 11 heteroatoms. The van der Waals surface area contributed by atoms with Crippen LogP contribution in [-0.4, -0.2) is 79.7 Å². The minimum absolute atomic E-state index is 0.0957. The van der Waals surface area contributed by atoms with E-state index in [-0.39, 0.29) is 52.9 Å². The normalized spacial score (nSPS) is 24.2. The zero-order valence-corrected chi connectivity index (χ0v) is 40.4. The van der Waals surface area contributed by atoms with Gasteiger partial charge in [0, 0.05) is 0 Å². The number of benzene rings is 7. The van der Waals surface area contributed by atoms with E-state index >= 15 is 0 Å². The number of ether oxygens (including phenoxy) is 10. The lowest BCUT2D eigenvalue weighted by atomic mass is 9.97. The zero-order valence-electron chi connectivity index (χ0n) is 40.4. The van der Waals surface area contributed by atoms with E-state index in [1.54, 1.807) is 0 Å². The molecule has 0 unspecified atom stereocenters. The van der Waals surface area contributed by atoms with Crippen molar-refractivity contribution in [1.29, 1.82) is 0 Å². The standard InChI is InChI=1S/C61H64O11/c62-60-58(68-41-50-32-18-6-19-33-50)56(66-39-48-28-14-4-15-29-48)55(65-38-47-26-12-3-13-27-47)53(71-60)44-70-61-59(69-42-51-34-20-7-21-35-51)57(67-40-49-30-16-5-17-31-49)54(64-37-46-24-10-2-11-25-46)52(72-61)43-63-36-45-22-8-1-9-23-45/h1-35,52-62H,36-44H2/t52-,53-,54-,55-,56+,57+,58+,59-,60+,61-/m1/s1. The molecule has 2 saturated heterocycles. The summed E-state index contributed by atoms with van der Waals surface area (Å²) in [7, 11) is 0. The van der Waals surface area contributed by atoms with Gasteiger partial charge in [-0.2, -0.15) is 0 Å². The highest BCUT2D eigenvalue weighted by Gasteiger charge is 2.52. The van der Waals surface area contributed by atoms with Gasteiger partial charge in [0.25, 0.3) is 0 Å². The van der Waals surface area contributed by atoms with Crippen LogP contribution in [-0.2, 0) is 93.6 Å². The van der Waals surface area contributed by atoms with Gasteiger partial charge in [-0.25, -0.2) is 0 Å². The number of hydrogen-bond acceptors (Lipinski definition) is 11. The van der Waals surface area contributed by atoms with Crippen LogP contribution in [0, 0.1) is 0 Å². The van der Waals surface area contributed by atoms with Gasteiger partial charge in [-0.1, -0.05) is 212 Å². The molecule has 7 aromatic carbocycles. The van der Waals surface area contributed by atoms with E-state index in [9.17, 15) is 5.11 Å². The molecule has 11 nitrogen and oxygen atoms in total. The van der Waals surface area contributed by atoms with Crippen LogP contribution in [0.2, 0.25) is 0 Å². The molecular weight excluding hydrogens is 909 g/mol. The Hall–Kier alpha value is -5.90. The molecule has 0 aliphatic carbocycles. The summed E-state index contributed by atoms with van der Waals surface area (Å²) in [5, 5.41) is 12.0. The van der Waals surface area contributed by atoms with E-state index in [0.29, 0.717) is 6.61 Å². The maximum absolute atomic E-state index is 12.0. The molecule has 0 saturated carbocycles. The summed E-state index contributed by atoms with van der Waals surface area (Å²) in [6, 6.07) is 69.7. The molecule has 2 fully saturated rings. The summed E-state index contributed by atoms with van der Waals surface area (Å²) >= 11 is 0. The van der Waals surface area contributed by atoms with Crippen LogP contribution in [0.25, 0.3) is 0 Å². The van der Waals surface area contributed by atoms with Gasteiger partial charge in [-0.15, -0.1) is 0 Å². The Morgan fingerprint density at radius 1 is 0.278 bits per heavy atom. The Kier molecular flexibility index (Phi) is 19.3. The molecule has 374 valence electrons. The molecule has 0 aromatic heterocycles. The molecule has 2 aliphatic rings. The Balaban J connectivity index is 1.04. The third-order valence-electron chi connectivity index (χ3n) is 12.7. The molecule has 10 atom stereocenters. The molecule has 0 radical (unpaired) electrons. The molecule has 7 aromatic rings. The van der Waals surface area contributed by atoms with Gasteiger partial charge in [-0.05, 0) is 38.9 Å². The van der Waals surface area contributed by atoms with Crippen molar-refractivity contribution in [3.05, 3.63) is 251 Å². The predicted molar refractivity (Wildman–Crippen MR) is 272 cm³/mol. The lowest BCUT2D eigenvalue weighted by molar-refractivity contribution is -0.349. The zero-order chi connectivity index (χ0) is 49.0. The first kappa shape index (κ1) is 51.0. The molecule has 0 bridgehead atoms. The highest BCUT2D eigenvalue weighted by molar-refractivity contribution is 5.19. The quantitative estimate of drug-likeness (QED) is 0.0591. The van der Waals surface area contributed by atoms with Crippen molar-refractivity contribution in [1.82, 2.24) is 0 Å². The maximum Gasteiger partial charge on any atom is 0.187 e. The van der Waals surface area contributed by atoms with Crippen LogP contribution in [0.3, 0.4) is 0 Å². The number of rotatable bonds is 25. The fourth-order valence-electron chi connectivity index (χ4n) is 8.97. The van der Waals surface area contributed by atoms with E-state index in [0.717, 1.165) is 38.9 Å². The van der Waals surface area contributed by atoms with Crippen LogP contribution in [0.15, 0.2) is 212 Å². The largest absolute Gasteiger partial charge is 0.374 e. The monoisotopic (exact) mass is 972 g/mol. The smallest absolute Gasteiger partial charge is 0.187 e. The average molecular weight is 973 g/mol. The Bertz CT molecular complexity index is 2550. The second-order valence-corrected chi connectivity index (χ2v) is 18.0. The highest BCUT2D eigenvalue weighted by atomic mass is 16.7. The van der Waals surface area contributed by atoms with Crippen molar-refractivity contribution in [2.45, 2.75) is 108 Å². The number of aliphatic hydroxyl groups is 1. The first-order valence-corrected chi connectivity index (χ1v) is 24.8. The third kappa shape index (κ3) is 14.8. The van der Waals surface area contributed by atoms with Gasteiger partial charge in [0.1, 0.15) is 48.8 Å². The van der Waals surface area contributed by atoms with Crippen LogP contribution in [0.4, 0.5) is 0 Å². The summed E-state index contributed by atoms with van der Waals surface area (Å²) in [5.74, 6) is 0. The summed E-state index contributed by atoms with van der Waals surface area (Å²) in [6.45, 7) is 1.89. The minimum atomic E-state index is -1.41. The van der Waals surface area contributed by atoms with Gasteiger partial charge in [-0.3, -0.25) is 0 Å². The topological polar surface area (TPSA) is 113 Å². The van der Waals surface area contributed by atoms with E-state index in [1.807, 2.05) is 212 Å². The van der Waals surface area contributed by atoms with E-state index in [2.05, 4.69) is 0 Å². The van der Waals surface area contributed by atoms with Crippen molar-refractivity contribution in [3.63, 3.8) is 0 Å². The first-order valence-electron chi connectivity index (χ1n) is 24.8. The SMILES string of the molecule is O[C@H]1O[C@H](CO[C@@H]2O[C@H](COCc3ccccc3)[C@@H](OCc3ccccc3)[C@H](OCc3ccccc3)[C@H]2OCc2ccccc2)[C@@H](OCc2ccccc2)[C@H](OCc2ccccc2)[C@@H]1OCc1ccccc1. The van der Waals surface area contributed by atoms with Crippen molar-refractivity contribution >= 4 is 0 Å². The van der Waals surface area contributed by atoms with Crippen LogP contribution < -0.4 is 0 Å². The lowest BCUT2D eigenvalue weighted by Gasteiger charge is -2.47. The van der Waals surface area contributed by atoms with Crippen LogP contribution >= 0.6 is 0 Å². The molecule has 0 amide bonds. The van der Waals surface area contributed by atoms with Crippen molar-refractivity contribution in [3.8, 4) is 0 Å². The molecular formula is C61H64O11. The lowest BCUT2D eigenvalue weighted by Crippen LogP contribution is -2.63. The van der Waals surface area contributed by atoms with Gasteiger partial charge in [0.15, 0.2) is 12.6 Å². The van der Waals surface area contributed by atoms with Crippen LogP contribution in [0.1, 0.15) is 38.9 Å². The number of aliphatic hydroxyl groups excluding tert-OH is 1. The summed E-state index contributed by atoms with van der Waals surface area (Å²) in [4.78, 5) is 0.